The molecule has 0 bridgehead atoms. The summed E-state index contributed by atoms with van der Waals surface area (Å²) in [6.45, 7) is 3.19. The number of hydrogen-bond donors (Lipinski definition) is 1. The van der Waals surface area contributed by atoms with Gasteiger partial charge in [-0.3, -0.25) is 9.48 Å². The Labute approximate surface area is 204 Å². The number of carbonyl (C=O) groups excluding carboxylic acids is 1. The van der Waals surface area contributed by atoms with Gasteiger partial charge < -0.3 is 14.6 Å². The van der Waals surface area contributed by atoms with Crippen LogP contribution in [0.1, 0.15) is 64.7 Å². The van der Waals surface area contributed by atoms with E-state index >= 15 is 0 Å². The molecule has 35 heavy (non-hydrogen) atoms. The van der Waals surface area contributed by atoms with Gasteiger partial charge in [0.15, 0.2) is 11.4 Å². The fraction of sp³-hybridized carbons (Fsp3) is 0.375. The molecule has 3 aromatic rings. The van der Waals surface area contributed by atoms with Crippen LogP contribution in [0, 0.1) is 6.92 Å². The van der Waals surface area contributed by atoms with E-state index in [9.17, 15) is 22.8 Å². The predicted octanol–water partition coefficient (Wildman–Crippen LogP) is 5.28. The summed E-state index contributed by atoms with van der Waals surface area (Å²) >= 11 is 6.03. The Hall–Kier alpha value is -3.27. The summed E-state index contributed by atoms with van der Waals surface area (Å²) in [5.41, 5.74) is -0.751. The molecule has 2 aromatic heterocycles. The fourth-order valence-corrected chi connectivity index (χ4v) is 4.14. The summed E-state index contributed by atoms with van der Waals surface area (Å²) in [6, 6.07) is 6.37. The molecule has 1 saturated carbocycles. The van der Waals surface area contributed by atoms with Crippen molar-refractivity contribution < 1.29 is 22.7 Å². The number of alkyl halides is 3. The standard InChI is InChI=1S/C24H24ClF3N4O3/c1-4-35-23(34)20-18(21(24(26,27)28)30-32(20)17-9-10-17)19(14-5-7-15(25)8-6-14)29-16-11-13(2)22(33)31(3)12-16/h5-8,11-12,17,19,29H,4,9-10H2,1-3H3. The van der Waals surface area contributed by atoms with Gasteiger partial charge in [0.05, 0.1) is 24.4 Å². The van der Waals surface area contributed by atoms with Crippen molar-refractivity contribution in [3.63, 3.8) is 0 Å². The van der Waals surface area contributed by atoms with Crippen molar-refractivity contribution in [2.45, 2.75) is 44.9 Å². The van der Waals surface area contributed by atoms with E-state index in [-0.39, 0.29) is 29.5 Å². The number of nitrogens with one attached hydrogen (secondary N) is 1. The molecule has 1 fully saturated rings. The van der Waals surface area contributed by atoms with Crippen LogP contribution in [0.4, 0.5) is 18.9 Å². The lowest BCUT2D eigenvalue weighted by atomic mass is 9.95. The van der Waals surface area contributed by atoms with Crippen molar-refractivity contribution in [1.29, 1.82) is 0 Å². The summed E-state index contributed by atoms with van der Waals surface area (Å²) in [5, 5.41) is 7.37. The number of ether oxygens (including phenoxy) is 1. The molecule has 7 nitrogen and oxygen atoms in total. The lowest BCUT2D eigenvalue weighted by Crippen LogP contribution is -2.23. The van der Waals surface area contributed by atoms with Crippen LogP contribution in [-0.4, -0.2) is 26.9 Å². The minimum Gasteiger partial charge on any atom is -0.461 e. The first-order valence-electron chi connectivity index (χ1n) is 11.1. The second kappa shape index (κ2) is 9.41. The van der Waals surface area contributed by atoms with Gasteiger partial charge in [0.1, 0.15) is 0 Å². The SMILES string of the molecule is CCOC(=O)c1c(C(Nc2cc(C)c(=O)n(C)c2)c2ccc(Cl)cc2)c(C(F)(F)F)nn1C1CC1. The van der Waals surface area contributed by atoms with E-state index in [0.29, 0.717) is 34.7 Å². The van der Waals surface area contributed by atoms with E-state index in [0.717, 1.165) is 4.68 Å². The molecule has 0 aliphatic heterocycles. The lowest BCUT2D eigenvalue weighted by Gasteiger charge is -2.23. The van der Waals surface area contributed by atoms with Gasteiger partial charge >= 0.3 is 12.1 Å². The minimum atomic E-state index is -4.83. The number of pyridine rings is 1. The topological polar surface area (TPSA) is 78.2 Å². The van der Waals surface area contributed by atoms with E-state index in [1.54, 1.807) is 51.2 Å². The zero-order valence-corrected chi connectivity index (χ0v) is 20.1. The van der Waals surface area contributed by atoms with Crippen molar-refractivity contribution in [3.8, 4) is 0 Å². The Kier molecular flexibility index (Phi) is 6.68. The maximum atomic E-state index is 14.3. The van der Waals surface area contributed by atoms with E-state index < -0.39 is 23.9 Å². The number of esters is 1. The van der Waals surface area contributed by atoms with Gasteiger partial charge in [-0.05, 0) is 50.5 Å². The van der Waals surface area contributed by atoms with Crippen LogP contribution in [0.3, 0.4) is 0 Å². The molecule has 0 spiro atoms. The highest BCUT2D eigenvalue weighted by atomic mass is 35.5. The second-order valence-corrected chi connectivity index (χ2v) is 8.90. The molecular weight excluding hydrogens is 485 g/mol. The fourth-order valence-electron chi connectivity index (χ4n) is 4.02. The largest absolute Gasteiger partial charge is 0.461 e. The Morgan fingerprint density at radius 1 is 1.29 bits per heavy atom. The third kappa shape index (κ3) is 5.07. The van der Waals surface area contributed by atoms with Gasteiger partial charge in [-0.25, -0.2) is 4.79 Å². The predicted molar refractivity (Wildman–Crippen MR) is 125 cm³/mol. The number of aromatic nitrogens is 3. The molecule has 0 amide bonds. The van der Waals surface area contributed by atoms with Crippen LogP contribution in [-0.2, 0) is 18.0 Å². The van der Waals surface area contributed by atoms with Crippen molar-refractivity contribution in [3.05, 3.63) is 80.0 Å². The molecule has 11 heteroatoms. The zero-order chi connectivity index (χ0) is 25.5. The number of rotatable bonds is 7. The first-order valence-corrected chi connectivity index (χ1v) is 11.4. The van der Waals surface area contributed by atoms with Gasteiger partial charge in [0.25, 0.3) is 5.56 Å². The number of carbonyl (C=O) groups is 1. The van der Waals surface area contributed by atoms with Crippen LogP contribution < -0.4 is 10.9 Å². The van der Waals surface area contributed by atoms with Gasteiger partial charge in [0, 0.05) is 29.4 Å². The number of aryl methyl sites for hydroxylation is 2. The van der Waals surface area contributed by atoms with Crippen molar-refractivity contribution in [1.82, 2.24) is 14.3 Å². The van der Waals surface area contributed by atoms with Gasteiger partial charge in [-0.2, -0.15) is 18.3 Å². The average Bonchev–Trinajstić information content (AvgIpc) is 3.55. The lowest BCUT2D eigenvalue weighted by molar-refractivity contribution is -0.142. The third-order valence-corrected chi connectivity index (χ3v) is 5.99. The van der Waals surface area contributed by atoms with Gasteiger partial charge in [-0.15, -0.1) is 0 Å². The van der Waals surface area contributed by atoms with Gasteiger partial charge in [-0.1, -0.05) is 23.7 Å². The Morgan fingerprint density at radius 3 is 2.49 bits per heavy atom. The molecule has 1 unspecified atom stereocenters. The number of anilines is 1. The molecule has 4 rings (SSSR count). The highest BCUT2D eigenvalue weighted by molar-refractivity contribution is 6.30. The number of halogens is 4. The van der Waals surface area contributed by atoms with Crippen LogP contribution in [0.5, 0.6) is 0 Å². The molecular formula is C24H24ClF3N4O3. The van der Waals surface area contributed by atoms with Crippen LogP contribution in [0.15, 0.2) is 41.3 Å². The summed E-state index contributed by atoms with van der Waals surface area (Å²) < 4.78 is 50.6. The average molecular weight is 509 g/mol. The quantitative estimate of drug-likeness (QED) is 0.440. The number of hydrogen-bond acceptors (Lipinski definition) is 5. The van der Waals surface area contributed by atoms with Crippen molar-refractivity contribution in [2.75, 3.05) is 11.9 Å². The van der Waals surface area contributed by atoms with E-state index in [2.05, 4.69) is 10.4 Å². The number of nitrogens with zero attached hydrogens (tertiary/aromatic N) is 3. The second-order valence-electron chi connectivity index (χ2n) is 8.46. The molecule has 186 valence electrons. The molecule has 1 atom stereocenters. The summed E-state index contributed by atoms with van der Waals surface area (Å²) in [5.74, 6) is -0.880. The maximum absolute atomic E-state index is 14.3. The van der Waals surface area contributed by atoms with E-state index in [1.807, 2.05) is 0 Å². The molecule has 1 N–H and O–H groups in total. The summed E-state index contributed by atoms with van der Waals surface area (Å²) in [6.07, 6.45) is -2.11. The maximum Gasteiger partial charge on any atom is 0.435 e. The number of benzene rings is 1. The normalized spacial score (nSPS) is 14.6. The summed E-state index contributed by atoms with van der Waals surface area (Å²) in [4.78, 5) is 25.2. The Morgan fingerprint density at radius 2 is 1.94 bits per heavy atom. The third-order valence-electron chi connectivity index (χ3n) is 5.74. The summed E-state index contributed by atoms with van der Waals surface area (Å²) in [7, 11) is 1.55. The highest BCUT2D eigenvalue weighted by Gasteiger charge is 2.45. The van der Waals surface area contributed by atoms with E-state index in [1.165, 1.54) is 10.8 Å². The molecule has 0 saturated heterocycles. The monoisotopic (exact) mass is 508 g/mol. The van der Waals surface area contributed by atoms with Gasteiger partial charge in [0.2, 0.25) is 0 Å². The zero-order valence-electron chi connectivity index (χ0n) is 19.3. The molecule has 1 aliphatic rings. The minimum absolute atomic E-state index is 0.00545. The first-order chi connectivity index (χ1) is 16.5. The van der Waals surface area contributed by atoms with Crippen molar-refractivity contribution in [2.24, 2.45) is 7.05 Å². The first kappa shape index (κ1) is 24.8. The Balaban J connectivity index is 1.98. The van der Waals surface area contributed by atoms with Crippen LogP contribution >= 0.6 is 11.6 Å². The van der Waals surface area contributed by atoms with Crippen LogP contribution in [0.2, 0.25) is 5.02 Å². The molecule has 2 heterocycles. The van der Waals surface area contributed by atoms with Crippen LogP contribution in [0.25, 0.3) is 0 Å². The Bertz CT molecular complexity index is 1290. The molecule has 1 aliphatic carbocycles. The van der Waals surface area contributed by atoms with E-state index in [4.69, 9.17) is 16.3 Å². The van der Waals surface area contributed by atoms with Crippen molar-refractivity contribution >= 4 is 23.3 Å². The highest BCUT2D eigenvalue weighted by Crippen LogP contribution is 2.44. The molecule has 0 radical (unpaired) electrons. The molecule has 1 aromatic carbocycles. The smallest absolute Gasteiger partial charge is 0.435 e.